The molecule has 1 spiro atoms. The van der Waals surface area contributed by atoms with Crippen molar-refractivity contribution in [3.8, 4) is 0 Å². The highest BCUT2D eigenvalue weighted by atomic mass is 16.7. The Morgan fingerprint density at radius 2 is 2.15 bits per heavy atom. The molecule has 176 valence electrons. The van der Waals surface area contributed by atoms with Gasteiger partial charge in [-0.25, -0.2) is 4.79 Å². The third kappa shape index (κ3) is 2.18. The van der Waals surface area contributed by atoms with E-state index in [9.17, 15) is 19.8 Å². The fourth-order valence-corrected chi connectivity index (χ4v) is 7.90. The van der Waals surface area contributed by atoms with Gasteiger partial charge in [0.25, 0.3) is 0 Å². The minimum absolute atomic E-state index is 0.0362. The molecule has 3 saturated carbocycles. The van der Waals surface area contributed by atoms with Gasteiger partial charge in [-0.3, -0.25) is 4.79 Å². The lowest BCUT2D eigenvalue weighted by atomic mass is 9.61. The molecule has 34 heavy (non-hydrogen) atoms. The van der Waals surface area contributed by atoms with Crippen molar-refractivity contribution in [3.05, 3.63) is 48.1 Å². The molecule has 7 rings (SSSR count). The Balaban J connectivity index is 1.38. The largest absolute Gasteiger partial charge is 0.455 e. The predicted molar refractivity (Wildman–Crippen MR) is 117 cm³/mol. The predicted octanol–water partition coefficient (Wildman–Crippen LogP) is 1.34. The molecule has 4 bridgehead atoms. The maximum atomic E-state index is 14.0. The van der Waals surface area contributed by atoms with Crippen molar-refractivity contribution in [3.63, 3.8) is 0 Å². The number of fused-ring (bicyclic) bond motifs is 7. The highest BCUT2D eigenvalue weighted by Crippen LogP contribution is 2.74. The highest BCUT2D eigenvalue weighted by molar-refractivity contribution is 5.86. The molecule has 0 amide bonds. The van der Waals surface area contributed by atoms with Crippen LogP contribution in [0.3, 0.4) is 0 Å². The van der Waals surface area contributed by atoms with E-state index in [1.807, 2.05) is 12.1 Å². The number of para-hydroxylation sites is 1. The summed E-state index contributed by atoms with van der Waals surface area (Å²) in [7, 11) is 0. The maximum Gasteiger partial charge on any atom is 0.339 e. The first-order chi connectivity index (χ1) is 16.2. The Bertz CT molecular complexity index is 1330. The Labute approximate surface area is 195 Å². The van der Waals surface area contributed by atoms with Crippen LogP contribution < -0.4 is 4.84 Å². The van der Waals surface area contributed by atoms with Crippen molar-refractivity contribution in [1.29, 1.82) is 0 Å². The van der Waals surface area contributed by atoms with E-state index in [2.05, 4.69) is 16.9 Å². The van der Waals surface area contributed by atoms with Crippen LogP contribution in [0, 0.1) is 28.6 Å². The Kier molecular flexibility index (Phi) is 3.68. The van der Waals surface area contributed by atoms with Gasteiger partial charge in [0.15, 0.2) is 0 Å². The normalized spacial score (nSPS) is 44.0. The van der Waals surface area contributed by atoms with Gasteiger partial charge in [0.1, 0.15) is 28.7 Å². The smallest absolute Gasteiger partial charge is 0.339 e. The molecule has 9 nitrogen and oxygen atoms in total. The number of ether oxygens (including phenoxy) is 1. The second-order valence-electron chi connectivity index (χ2n) is 10.9. The van der Waals surface area contributed by atoms with Gasteiger partial charge in [0.2, 0.25) is 0 Å². The number of aliphatic hydroxyl groups is 2. The van der Waals surface area contributed by atoms with Crippen LogP contribution in [0.1, 0.15) is 32.6 Å². The van der Waals surface area contributed by atoms with Gasteiger partial charge in [-0.15, -0.1) is 5.10 Å². The average Bonchev–Trinajstić information content (AvgIpc) is 3.42. The Hall–Kier alpha value is -3.04. The summed E-state index contributed by atoms with van der Waals surface area (Å²) >= 11 is 0. The fourth-order valence-electron chi connectivity index (χ4n) is 7.90. The number of hydrogen-bond acceptors (Lipinski definition) is 8. The first-order valence-electron chi connectivity index (χ1n) is 11.7. The number of aromatic nitrogens is 3. The molecule has 1 aromatic carbocycles. The third-order valence-electron chi connectivity index (χ3n) is 9.44. The second kappa shape index (κ2) is 6.14. The van der Waals surface area contributed by atoms with Crippen LogP contribution in [0.4, 0.5) is 0 Å². The van der Waals surface area contributed by atoms with Crippen molar-refractivity contribution in [2.75, 3.05) is 0 Å². The van der Waals surface area contributed by atoms with E-state index in [-0.39, 0.29) is 5.92 Å². The standard InChI is InChI=1S/C25H25N3O6/c1-12-10-24-11-25(12,32)8-7-14(24)13-9-17-20(29)23(2,22(31)33-17)18(13)19(24)21(30)34-28-16-6-4-3-5-15(16)26-27-28/h3-6,9,14,17-20,29,32H,1,7-8,10-11H2,2H3/t14-,17-,18+,19+,20-,23-,24-,25+/m0/s1. The first kappa shape index (κ1) is 20.3. The zero-order valence-corrected chi connectivity index (χ0v) is 18.7. The minimum atomic E-state index is -1.28. The number of carbonyl (C=O) groups is 2. The summed E-state index contributed by atoms with van der Waals surface area (Å²) in [5.41, 5.74) is -0.157. The lowest BCUT2D eigenvalue weighted by Crippen LogP contribution is -2.51. The molecule has 4 aliphatic carbocycles. The van der Waals surface area contributed by atoms with E-state index in [1.54, 1.807) is 25.1 Å². The molecule has 2 heterocycles. The quantitative estimate of drug-likeness (QED) is 0.389. The topological polar surface area (TPSA) is 124 Å². The van der Waals surface area contributed by atoms with E-state index < -0.39 is 52.4 Å². The van der Waals surface area contributed by atoms with Gasteiger partial charge in [0.05, 0.1) is 11.5 Å². The molecular formula is C25H25N3O6. The van der Waals surface area contributed by atoms with Crippen molar-refractivity contribution < 1.29 is 29.4 Å². The van der Waals surface area contributed by atoms with Crippen LogP contribution >= 0.6 is 0 Å². The minimum Gasteiger partial charge on any atom is -0.455 e. The molecule has 1 saturated heterocycles. The van der Waals surface area contributed by atoms with E-state index in [4.69, 9.17) is 9.57 Å². The molecule has 2 aromatic rings. The number of hydrogen-bond donors (Lipinski definition) is 2. The monoisotopic (exact) mass is 463 g/mol. The third-order valence-corrected chi connectivity index (χ3v) is 9.44. The summed E-state index contributed by atoms with van der Waals surface area (Å²) in [5.74, 6) is -2.49. The van der Waals surface area contributed by atoms with Gasteiger partial charge in [-0.1, -0.05) is 29.1 Å². The number of rotatable bonds is 2. The lowest BCUT2D eigenvalue weighted by Gasteiger charge is -2.42. The molecule has 4 fully saturated rings. The van der Waals surface area contributed by atoms with Crippen molar-refractivity contribution in [1.82, 2.24) is 15.2 Å². The number of benzene rings is 1. The molecule has 1 aliphatic heterocycles. The van der Waals surface area contributed by atoms with Crippen LogP contribution in [-0.4, -0.2) is 55.1 Å². The summed E-state index contributed by atoms with van der Waals surface area (Å²) in [4.78, 5) is 34.0. The molecule has 0 radical (unpaired) electrons. The van der Waals surface area contributed by atoms with Crippen LogP contribution in [-0.2, 0) is 14.3 Å². The summed E-state index contributed by atoms with van der Waals surface area (Å²) in [6.45, 7) is 5.84. The van der Waals surface area contributed by atoms with Gasteiger partial charge in [-0.2, -0.15) is 0 Å². The summed E-state index contributed by atoms with van der Waals surface area (Å²) in [5, 5.41) is 30.4. The molecule has 0 unspecified atom stereocenters. The fraction of sp³-hybridized carbons (Fsp3) is 0.520. The summed E-state index contributed by atoms with van der Waals surface area (Å²) in [6, 6.07) is 7.15. The van der Waals surface area contributed by atoms with Gasteiger partial charge in [-0.05, 0) is 72.9 Å². The second-order valence-corrected chi connectivity index (χ2v) is 10.9. The van der Waals surface area contributed by atoms with Gasteiger partial charge >= 0.3 is 11.9 Å². The van der Waals surface area contributed by atoms with Gasteiger partial charge in [0, 0.05) is 5.92 Å². The molecule has 2 N–H and O–H groups in total. The Morgan fingerprint density at radius 1 is 1.35 bits per heavy atom. The number of nitrogens with zero attached hydrogens (tertiary/aromatic N) is 3. The van der Waals surface area contributed by atoms with Crippen LogP contribution in [0.15, 0.2) is 48.1 Å². The first-order valence-corrected chi connectivity index (χ1v) is 11.7. The maximum absolute atomic E-state index is 14.0. The zero-order valence-electron chi connectivity index (χ0n) is 18.7. The number of carbonyl (C=O) groups excluding carboxylic acids is 2. The number of esters is 1. The Morgan fingerprint density at radius 3 is 2.97 bits per heavy atom. The highest BCUT2D eigenvalue weighted by Gasteiger charge is 2.76. The molecule has 8 atom stereocenters. The van der Waals surface area contributed by atoms with Gasteiger partial charge < -0.3 is 19.8 Å². The van der Waals surface area contributed by atoms with E-state index in [0.717, 1.165) is 16.0 Å². The average molecular weight is 463 g/mol. The van der Waals surface area contributed by atoms with E-state index in [0.29, 0.717) is 36.7 Å². The summed E-state index contributed by atoms with van der Waals surface area (Å²) < 4.78 is 5.51. The van der Waals surface area contributed by atoms with E-state index >= 15 is 0 Å². The molecule has 5 aliphatic rings. The zero-order chi connectivity index (χ0) is 23.6. The van der Waals surface area contributed by atoms with Crippen LogP contribution in [0.5, 0.6) is 0 Å². The summed E-state index contributed by atoms with van der Waals surface area (Å²) in [6.07, 6.45) is 2.12. The van der Waals surface area contributed by atoms with Crippen LogP contribution in [0.2, 0.25) is 0 Å². The van der Waals surface area contributed by atoms with Crippen molar-refractivity contribution in [2.45, 2.75) is 50.4 Å². The SMILES string of the molecule is C=C1C[C@]23C[C@]1(O)CC[C@H]2C1=C[C@@H]2OC(=O)[C@@](C)([C@H]1[C@@H]3C(=O)On1nnc3ccccc31)[C@H]2O. The molecular weight excluding hydrogens is 438 g/mol. The van der Waals surface area contributed by atoms with Crippen molar-refractivity contribution in [2.24, 2.45) is 28.6 Å². The van der Waals surface area contributed by atoms with E-state index in [1.165, 1.54) is 0 Å². The number of allylic oxidation sites excluding steroid dienone is 1. The number of aliphatic hydroxyl groups excluding tert-OH is 1. The van der Waals surface area contributed by atoms with Crippen molar-refractivity contribution >= 4 is 23.0 Å². The molecule has 1 aromatic heterocycles. The lowest BCUT2D eigenvalue weighted by molar-refractivity contribution is -0.163. The van der Waals surface area contributed by atoms with Crippen LogP contribution in [0.25, 0.3) is 11.0 Å². The molecule has 9 heteroatoms.